The number of hydrogen-bond acceptors (Lipinski definition) is 5. The van der Waals surface area contributed by atoms with Gasteiger partial charge >= 0.3 is 0 Å². The molecule has 0 aliphatic heterocycles. The van der Waals surface area contributed by atoms with Crippen molar-refractivity contribution < 1.29 is 23.6 Å². The minimum absolute atomic E-state index is 0.0880. The molecule has 0 atom stereocenters. The SMILES string of the molecule is O=C(/C=C/c1ccc(-c2ccccc2F)o1)NCc1cc([N+](=O)[O-])ccc1O. The number of rotatable bonds is 6. The largest absolute Gasteiger partial charge is 0.508 e. The van der Waals surface area contributed by atoms with Crippen LogP contribution in [0.4, 0.5) is 10.1 Å². The second kappa shape index (κ2) is 8.17. The van der Waals surface area contributed by atoms with Gasteiger partial charge < -0.3 is 14.8 Å². The Bertz CT molecular complexity index is 1060. The summed E-state index contributed by atoms with van der Waals surface area (Å²) >= 11 is 0. The quantitative estimate of drug-likeness (QED) is 0.380. The lowest BCUT2D eigenvalue weighted by Gasteiger charge is -2.05. The zero-order chi connectivity index (χ0) is 20.1. The monoisotopic (exact) mass is 382 g/mol. The average Bonchev–Trinajstić information content (AvgIpc) is 3.14. The van der Waals surface area contributed by atoms with Crippen LogP contribution in [0.2, 0.25) is 0 Å². The van der Waals surface area contributed by atoms with Crippen molar-refractivity contribution in [3.8, 4) is 17.1 Å². The number of aromatic hydroxyl groups is 1. The van der Waals surface area contributed by atoms with E-state index in [1.165, 1.54) is 36.4 Å². The Kier molecular flexibility index (Phi) is 5.50. The highest BCUT2D eigenvalue weighted by Gasteiger charge is 2.11. The number of hydrogen-bond donors (Lipinski definition) is 2. The molecule has 1 aromatic heterocycles. The Balaban J connectivity index is 1.63. The van der Waals surface area contributed by atoms with Crippen molar-refractivity contribution in [2.75, 3.05) is 0 Å². The number of benzene rings is 2. The number of nitro benzene ring substituents is 1. The minimum Gasteiger partial charge on any atom is -0.508 e. The number of amides is 1. The average molecular weight is 382 g/mol. The molecule has 1 heterocycles. The molecule has 3 aromatic rings. The standard InChI is InChI=1S/C20H15FN2O5/c21-17-4-2-1-3-16(17)19-9-6-15(28-19)7-10-20(25)22-12-13-11-14(23(26)27)5-8-18(13)24/h1-11,24H,12H2,(H,22,25)/b10-7+. The van der Waals surface area contributed by atoms with Gasteiger partial charge in [-0.05, 0) is 36.4 Å². The Labute approximate surface area is 158 Å². The summed E-state index contributed by atoms with van der Waals surface area (Å²) in [6.07, 6.45) is 2.62. The minimum atomic E-state index is -0.589. The van der Waals surface area contributed by atoms with Gasteiger partial charge in [0.15, 0.2) is 0 Å². The maximum absolute atomic E-state index is 13.8. The number of nitro groups is 1. The first-order chi connectivity index (χ1) is 13.4. The summed E-state index contributed by atoms with van der Waals surface area (Å²) in [7, 11) is 0. The molecule has 0 bridgehead atoms. The fourth-order valence-corrected chi connectivity index (χ4v) is 2.47. The highest BCUT2D eigenvalue weighted by atomic mass is 19.1. The Hall–Kier alpha value is -3.94. The van der Waals surface area contributed by atoms with Gasteiger partial charge in [-0.1, -0.05) is 12.1 Å². The molecular formula is C20H15FN2O5. The van der Waals surface area contributed by atoms with Crippen molar-refractivity contribution >= 4 is 17.7 Å². The van der Waals surface area contributed by atoms with Gasteiger partial charge in [0.1, 0.15) is 23.1 Å². The van der Waals surface area contributed by atoms with Gasteiger partial charge in [0, 0.05) is 30.3 Å². The van der Waals surface area contributed by atoms with Crippen LogP contribution in [-0.4, -0.2) is 15.9 Å². The first kappa shape index (κ1) is 18.8. The number of carbonyl (C=O) groups is 1. The van der Waals surface area contributed by atoms with Gasteiger partial charge in [0.05, 0.1) is 10.5 Å². The summed E-state index contributed by atoms with van der Waals surface area (Å²) < 4.78 is 19.3. The molecule has 3 rings (SSSR count). The van der Waals surface area contributed by atoms with E-state index in [9.17, 15) is 24.4 Å². The van der Waals surface area contributed by atoms with E-state index < -0.39 is 16.6 Å². The summed E-state index contributed by atoms with van der Waals surface area (Å²) in [4.78, 5) is 22.1. The van der Waals surface area contributed by atoms with E-state index in [1.54, 1.807) is 30.3 Å². The van der Waals surface area contributed by atoms with Crippen molar-refractivity contribution in [1.82, 2.24) is 5.32 Å². The number of nitrogens with one attached hydrogen (secondary N) is 1. The number of non-ortho nitro benzene ring substituents is 1. The van der Waals surface area contributed by atoms with E-state index in [0.29, 0.717) is 17.1 Å². The van der Waals surface area contributed by atoms with Gasteiger partial charge in [-0.15, -0.1) is 0 Å². The van der Waals surface area contributed by atoms with E-state index in [-0.39, 0.29) is 23.5 Å². The number of nitrogens with zero attached hydrogens (tertiary/aromatic N) is 1. The highest BCUT2D eigenvalue weighted by molar-refractivity contribution is 5.91. The lowest BCUT2D eigenvalue weighted by molar-refractivity contribution is -0.384. The molecule has 0 saturated carbocycles. The molecule has 0 unspecified atom stereocenters. The van der Waals surface area contributed by atoms with Crippen molar-refractivity contribution in [2.24, 2.45) is 0 Å². The maximum Gasteiger partial charge on any atom is 0.270 e. The molecule has 0 aliphatic rings. The van der Waals surface area contributed by atoms with Gasteiger partial charge in [0.2, 0.25) is 5.91 Å². The summed E-state index contributed by atoms with van der Waals surface area (Å²) in [6, 6.07) is 12.9. The van der Waals surface area contributed by atoms with Crippen LogP contribution >= 0.6 is 0 Å². The van der Waals surface area contributed by atoms with Gasteiger partial charge in [-0.3, -0.25) is 14.9 Å². The Morgan fingerprint density at radius 1 is 1.21 bits per heavy atom. The first-order valence-electron chi connectivity index (χ1n) is 8.21. The molecule has 7 nitrogen and oxygen atoms in total. The van der Waals surface area contributed by atoms with Crippen LogP contribution in [0.25, 0.3) is 17.4 Å². The molecule has 0 fully saturated rings. The second-order valence-electron chi connectivity index (χ2n) is 5.80. The van der Waals surface area contributed by atoms with E-state index in [4.69, 9.17) is 4.42 Å². The number of halogens is 1. The lowest BCUT2D eigenvalue weighted by atomic mass is 10.1. The molecule has 1 amide bonds. The third-order valence-corrected chi connectivity index (χ3v) is 3.89. The molecule has 0 radical (unpaired) electrons. The van der Waals surface area contributed by atoms with Gasteiger partial charge in [0.25, 0.3) is 5.69 Å². The summed E-state index contributed by atoms with van der Waals surface area (Å²) in [5.41, 5.74) is 0.345. The fraction of sp³-hybridized carbons (Fsp3) is 0.0500. The third kappa shape index (κ3) is 4.42. The molecule has 0 spiro atoms. The molecule has 0 saturated heterocycles. The Morgan fingerprint density at radius 2 is 2.00 bits per heavy atom. The third-order valence-electron chi connectivity index (χ3n) is 3.89. The zero-order valence-electron chi connectivity index (χ0n) is 14.5. The van der Waals surface area contributed by atoms with Crippen LogP contribution in [0.1, 0.15) is 11.3 Å². The smallest absolute Gasteiger partial charge is 0.270 e. The van der Waals surface area contributed by atoms with Crippen LogP contribution in [0.3, 0.4) is 0 Å². The van der Waals surface area contributed by atoms with Crippen molar-refractivity contribution in [1.29, 1.82) is 0 Å². The first-order valence-corrected chi connectivity index (χ1v) is 8.21. The molecule has 28 heavy (non-hydrogen) atoms. The molecule has 2 aromatic carbocycles. The molecular weight excluding hydrogens is 367 g/mol. The Morgan fingerprint density at radius 3 is 2.75 bits per heavy atom. The highest BCUT2D eigenvalue weighted by Crippen LogP contribution is 2.25. The molecule has 0 aliphatic carbocycles. The van der Waals surface area contributed by atoms with Crippen LogP contribution in [0.15, 0.2) is 65.1 Å². The fourth-order valence-electron chi connectivity index (χ4n) is 2.47. The lowest BCUT2D eigenvalue weighted by Crippen LogP contribution is -2.20. The van der Waals surface area contributed by atoms with Crippen molar-refractivity contribution in [3.63, 3.8) is 0 Å². The molecule has 8 heteroatoms. The van der Waals surface area contributed by atoms with E-state index in [0.717, 1.165) is 0 Å². The van der Waals surface area contributed by atoms with Crippen molar-refractivity contribution in [2.45, 2.75) is 6.54 Å². The molecule has 2 N–H and O–H groups in total. The van der Waals surface area contributed by atoms with E-state index >= 15 is 0 Å². The predicted octanol–water partition coefficient (Wildman–Crippen LogP) is 4.03. The summed E-state index contributed by atoms with van der Waals surface area (Å²) in [5, 5.41) is 23.0. The van der Waals surface area contributed by atoms with Gasteiger partial charge in [-0.2, -0.15) is 0 Å². The topological polar surface area (TPSA) is 106 Å². The molecule has 142 valence electrons. The normalized spacial score (nSPS) is 10.9. The van der Waals surface area contributed by atoms with Crippen LogP contribution < -0.4 is 5.32 Å². The van der Waals surface area contributed by atoms with Gasteiger partial charge in [-0.25, -0.2) is 4.39 Å². The predicted molar refractivity (Wildman–Crippen MR) is 99.7 cm³/mol. The zero-order valence-corrected chi connectivity index (χ0v) is 14.5. The van der Waals surface area contributed by atoms with Crippen LogP contribution in [-0.2, 0) is 11.3 Å². The number of furan rings is 1. The number of phenolic OH excluding ortho intramolecular Hbond substituents is 1. The van der Waals surface area contributed by atoms with Crippen molar-refractivity contribution in [3.05, 3.63) is 87.9 Å². The second-order valence-corrected chi connectivity index (χ2v) is 5.80. The number of carbonyl (C=O) groups excluding carboxylic acids is 1. The van der Waals surface area contributed by atoms with E-state index in [2.05, 4.69) is 5.32 Å². The van der Waals surface area contributed by atoms with Crippen LogP contribution in [0, 0.1) is 15.9 Å². The number of phenols is 1. The summed E-state index contributed by atoms with van der Waals surface area (Å²) in [5.74, 6) is -0.377. The maximum atomic E-state index is 13.8. The summed E-state index contributed by atoms with van der Waals surface area (Å²) in [6.45, 7) is -0.0880. The van der Waals surface area contributed by atoms with Crippen LogP contribution in [0.5, 0.6) is 5.75 Å². The van der Waals surface area contributed by atoms with E-state index in [1.807, 2.05) is 0 Å².